The summed E-state index contributed by atoms with van der Waals surface area (Å²) in [6, 6.07) is 73.1. The Morgan fingerprint density at radius 1 is 0.362 bits per heavy atom. The van der Waals surface area contributed by atoms with Gasteiger partial charge in [0.1, 0.15) is 0 Å². The average Bonchev–Trinajstić information content (AvgIpc) is 3.79. The normalized spacial score (nSPS) is 13.3. The highest BCUT2D eigenvalue weighted by molar-refractivity contribution is 6.26. The van der Waals surface area contributed by atoms with Gasteiger partial charge in [-0.05, 0) is 96.7 Å². The lowest BCUT2D eigenvalue weighted by Crippen LogP contribution is -2.30. The molecule has 3 nitrogen and oxygen atoms in total. The molecule has 2 aliphatic rings. The monoisotopic (exact) mass is 735 g/mol. The molecule has 0 radical (unpaired) electrons. The standard InChI is InChI=1S/C55H33N3/c1-4-14-34(15-5-1)38-26-29-43-41(32-38)42-33-39(35-16-6-2-7-17-35)27-30-44(42)55(43)45-22-12-20-36-28-31-49-52(50(36)45)51-46(55)23-13-25-48(51)58(49)54-56-47-24-11-10-21-40(47)53(57-54)37-18-8-3-9-19-37/h1-33H. The molecule has 2 aromatic heterocycles. The molecule has 1 spiro atoms. The van der Waals surface area contributed by atoms with Crippen LogP contribution in [0.4, 0.5) is 0 Å². The first-order chi connectivity index (χ1) is 28.8. The van der Waals surface area contributed by atoms with E-state index in [1.54, 1.807) is 0 Å². The van der Waals surface area contributed by atoms with E-state index in [0.29, 0.717) is 5.95 Å². The quantitative estimate of drug-likeness (QED) is 0.180. The molecule has 0 saturated heterocycles. The van der Waals surface area contributed by atoms with Gasteiger partial charge < -0.3 is 0 Å². The first kappa shape index (κ1) is 31.6. The fourth-order valence-electron chi connectivity index (χ4n) is 10.4. The summed E-state index contributed by atoms with van der Waals surface area (Å²) in [5.74, 6) is 0.676. The number of rotatable bonds is 4. The summed E-state index contributed by atoms with van der Waals surface area (Å²) in [5, 5.41) is 6.10. The number of benzene rings is 9. The van der Waals surface area contributed by atoms with Crippen molar-refractivity contribution >= 4 is 43.5 Å². The van der Waals surface area contributed by atoms with Crippen LogP contribution in [0, 0.1) is 0 Å². The fourth-order valence-corrected chi connectivity index (χ4v) is 10.4. The van der Waals surface area contributed by atoms with Crippen molar-refractivity contribution in [3.8, 4) is 50.6 Å². The number of nitrogens with zero attached hydrogens (tertiary/aromatic N) is 3. The maximum atomic E-state index is 5.43. The van der Waals surface area contributed by atoms with Gasteiger partial charge in [0.25, 0.3) is 0 Å². The molecule has 0 bridgehead atoms. The average molecular weight is 736 g/mol. The first-order valence-corrected chi connectivity index (χ1v) is 20.0. The van der Waals surface area contributed by atoms with E-state index in [-0.39, 0.29) is 0 Å². The highest BCUT2D eigenvalue weighted by Gasteiger charge is 2.50. The third-order valence-corrected chi connectivity index (χ3v) is 12.8. The molecule has 58 heavy (non-hydrogen) atoms. The number of aromatic nitrogens is 3. The van der Waals surface area contributed by atoms with Gasteiger partial charge in [0.05, 0.1) is 27.7 Å². The van der Waals surface area contributed by atoms with Crippen LogP contribution in [-0.4, -0.2) is 14.5 Å². The topological polar surface area (TPSA) is 30.7 Å². The summed E-state index contributed by atoms with van der Waals surface area (Å²) in [6.45, 7) is 0. The van der Waals surface area contributed by atoms with Gasteiger partial charge in [0, 0.05) is 21.7 Å². The maximum Gasteiger partial charge on any atom is 0.235 e. The lowest BCUT2D eigenvalue weighted by molar-refractivity contribution is 0.783. The third kappa shape index (κ3) is 4.12. The smallest absolute Gasteiger partial charge is 0.235 e. The fraction of sp³-hybridized carbons (Fsp3) is 0.0182. The van der Waals surface area contributed by atoms with E-state index in [9.17, 15) is 0 Å². The molecular formula is C55H33N3. The van der Waals surface area contributed by atoms with E-state index in [4.69, 9.17) is 9.97 Å². The van der Waals surface area contributed by atoms with Gasteiger partial charge in [-0.1, -0.05) is 170 Å². The number of hydrogen-bond acceptors (Lipinski definition) is 2. The van der Waals surface area contributed by atoms with Crippen LogP contribution in [-0.2, 0) is 5.41 Å². The van der Waals surface area contributed by atoms with Gasteiger partial charge in [-0.15, -0.1) is 0 Å². The van der Waals surface area contributed by atoms with Gasteiger partial charge in [0.15, 0.2) is 0 Å². The number of para-hydroxylation sites is 1. The predicted molar refractivity (Wildman–Crippen MR) is 239 cm³/mol. The van der Waals surface area contributed by atoms with Crippen molar-refractivity contribution < 1.29 is 0 Å². The van der Waals surface area contributed by atoms with Gasteiger partial charge in [-0.2, -0.15) is 0 Å². The number of fused-ring (bicyclic) bond motifs is 8. The second kappa shape index (κ2) is 11.7. The van der Waals surface area contributed by atoms with Crippen molar-refractivity contribution in [2.75, 3.05) is 0 Å². The Labute approximate surface area is 335 Å². The van der Waals surface area contributed by atoms with E-state index in [0.717, 1.165) is 33.2 Å². The van der Waals surface area contributed by atoms with E-state index >= 15 is 0 Å². The van der Waals surface area contributed by atoms with Gasteiger partial charge >= 0.3 is 0 Å². The van der Waals surface area contributed by atoms with Gasteiger partial charge in [-0.3, -0.25) is 4.57 Å². The van der Waals surface area contributed by atoms with Crippen LogP contribution in [0.2, 0.25) is 0 Å². The van der Waals surface area contributed by atoms with Crippen LogP contribution in [0.3, 0.4) is 0 Å². The second-order valence-corrected chi connectivity index (χ2v) is 15.7. The number of hydrogen-bond donors (Lipinski definition) is 0. The Balaban J connectivity index is 1.16. The second-order valence-electron chi connectivity index (χ2n) is 15.7. The van der Waals surface area contributed by atoms with Crippen molar-refractivity contribution in [3.63, 3.8) is 0 Å². The van der Waals surface area contributed by atoms with Crippen LogP contribution in [0.5, 0.6) is 0 Å². The largest absolute Gasteiger partial charge is 0.278 e. The van der Waals surface area contributed by atoms with Crippen LogP contribution in [0.15, 0.2) is 200 Å². The molecule has 0 fully saturated rings. The zero-order chi connectivity index (χ0) is 38.0. The molecule has 0 unspecified atom stereocenters. The van der Waals surface area contributed by atoms with Crippen molar-refractivity contribution in [3.05, 3.63) is 222 Å². The third-order valence-electron chi connectivity index (χ3n) is 12.8. The summed E-state index contributed by atoms with van der Waals surface area (Å²) in [6.07, 6.45) is 0. The lowest BCUT2D eigenvalue weighted by atomic mass is 9.63. The summed E-state index contributed by atoms with van der Waals surface area (Å²) in [4.78, 5) is 10.8. The van der Waals surface area contributed by atoms with Crippen LogP contribution < -0.4 is 0 Å². The molecule has 268 valence electrons. The minimum atomic E-state index is -0.555. The SMILES string of the molecule is c1ccc(-c2ccc3c(c2)-c2cc(-c4ccccc4)ccc2C32c3cccc4ccc5c(c34)c3c2cccc3n5-c2nc(-c3ccccc3)c3ccccc3n2)cc1. The lowest BCUT2D eigenvalue weighted by Gasteiger charge is -2.38. The summed E-state index contributed by atoms with van der Waals surface area (Å²) in [7, 11) is 0. The van der Waals surface area contributed by atoms with Crippen molar-refractivity contribution in [1.29, 1.82) is 0 Å². The minimum Gasteiger partial charge on any atom is -0.278 e. The Hall–Kier alpha value is -7.62. The maximum absolute atomic E-state index is 5.43. The molecule has 9 aromatic carbocycles. The van der Waals surface area contributed by atoms with Crippen LogP contribution >= 0.6 is 0 Å². The highest BCUT2D eigenvalue weighted by atomic mass is 15.2. The molecule has 0 amide bonds. The summed E-state index contributed by atoms with van der Waals surface area (Å²) >= 11 is 0. The molecule has 0 atom stereocenters. The zero-order valence-corrected chi connectivity index (χ0v) is 31.4. The zero-order valence-electron chi connectivity index (χ0n) is 31.4. The molecule has 11 aromatic rings. The first-order valence-electron chi connectivity index (χ1n) is 20.0. The Kier molecular flexibility index (Phi) is 6.37. The molecule has 2 heterocycles. The Bertz CT molecular complexity index is 3400. The predicted octanol–water partition coefficient (Wildman–Crippen LogP) is 13.6. The van der Waals surface area contributed by atoms with Gasteiger partial charge in [0.2, 0.25) is 5.95 Å². The van der Waals surface area contributed by atoms with E-state index in [1.165, 1.54) is 77.2 Å². The molecule has 0 aliphatic heterocycles. The summed E-state index contributed by atoms with van der Waals surface area (Å²) in [5.41, 5.74) is 17.3. The Morgan fingerprint density at radius 3 is 1.60 bits per heavy atom. The van der Waals surface area contributed by atoms with Crippen LogP contribution in [0.25, 0.3) is 94.1 Å². The van der Waals surface area contributed by atoms with E-state index < -0.39 is 5.41 Å². The molecule has 0 N–H and O–H groups in total. The molecular weight excluding hydrogens is 703 g/mol. The van der Waals surface area contributed by atoms with Crippen molar-refractivity contribution in [2.24, 2.45) is 0 Å². The van der Waals surface area contributed by atoms with Crippen molar-refractivity contribution in [1.82, 2.24) is 14.5 Å². The molecule has 2 aliphatic carbocycles. The van der Waals surface area contributed by atoms with Crippen molar-refractivity contribution in [2.45, 2.75) is 5.41 Å². The highest BCUT2D eigenvalue weighted by Crippen LogP contribution is 2.62. The molecule has 0 saturated carbocycles. The van der Waals surface area contributed by atoms with Crippen LogP contribution in [0.1, 0.15) is 22.3 Å². The van der Waals surface area contributed by atoms with Gasteiger partial charge in [-0.25, -0.2) is 9.97 Å². The molecule has 3 heteroatoms. The molecule has 13 rings (SSSR count). The Morgan fingerprint density at radius 2 is 0.931 bits per heavy atom. The van der Waals surface area contributed by atoms with E-state index in [1.807, 2.05) is 0 Å². The minimum absolute atomic E-state index is 0.555. The van der Waals surface area contributed by atoms with E-state index in [2.05, 4.69) is 205 Å². The summed E-state index contributed by atoms with van der Waals surface area (Å²) < 4.78 is 2.32.